The van der Waals surface area contributed by atoms with E-state index >= 15 is 0 Å². The van der Waals surface area contributed by atoms with E-state index < -0.39 is 0 Å². The Hall–Kier alpha value is -2.01. The van der Waals surface area contributed by atoms with Crippen LogP contribution in [0.4, 0.5) is 5.82 Å². The van der Waals surface area contributed by atoms with E-state index in [1.54, 1.807) is 12.4 Å². The number of rotatable bonds is 4. The van der Waals surface area contributed by atoms with Crippen LogP contribution in [0.3, 0.4) is 0 Å². The van der Waals surface area contributed by atoms with E-state index in [4.69, 9.17) is 0 Å². The first kappa shape index (κ1) is 13.0. The van der Waals surface area contributed by atoms with Crippen molar-refractivity contribution < 1.29 is 0 Å². The minimum absolute atomic E-state index is 0.710. The van der Waals surface area contributed by atoms with Gasteiger partial charge in [-0.25, -0.2) is 0 Å². The molecule has 0 saturated carbocycles. The van der Waals surface area contributed by atoms with E-state index in [1.807, 2.05) is 24.3 Å². The highest BCUT2D eigenvalue weighted by Crippen LogP contribution is 2.18. The fourth-order valence-corrected chi connectivity index (χ4v) is 2.56. The van der Waals surface area contributed by atoms with E-state index in [1.165, 1.54) is 6.42 Å². The van der Waals surface area contributed by atoms with Gasteiger partial charge in [-0.15, -0.1) is 10.2 Å². The molecule has 0 spiro atoms. The molecule has 2 aromatic rings. The zero-order valence-electron chi connectivity index (χ0n) is 11.7. The standard InChI is InChI=1S/C15H19N5/c1-20(11-12-4-7-17-10-12)15-3-2-14(18-19-15)13-5-8-16-9-6-13/h2-3,5-6,8-9,12,17H,4,7,10-11H2,1H3. The smallest absolute Gasteiger partial charge is 0.151 e. The van der Waals surface area contributed by atoms with Crippen LogP contribution in [0.2, 0.25) is 0 Å². The predicted octanol–water partition coefficient (Wildman–Crippen LogP) is 1.58. The van der Waals surface area contributed by atoms with Gasteiger partial charge in [0, 0.05) is 31.5 Å². The lowest BCUT2D eigenvalue weighted by Crippen LogP contribution is -2.27. The van der Waals surface area contributed by atoms with Crippen molar-refractivity contribution in [1.82, 2.24) is 20.5 Å². The Bertz CT molecular complexity index is 534. The summed E-state index contributed by atoms with van der Waals surface area (Å²) >= 11 is 0. The Morgan fingerprint density at radius 2 is 2.05 bits per heavy atom. The third-order valence-electron chi connectivity index (χ3n) is 3.71. The summed E-state index contributed by atoms with van der Waals surface area (Å²) in [5, 5.41) is 12.0. The molecule has 1 aliphatic heterocycles. The highest BCUT2D eigenvalue weighted by Gasteiger charge is 2.17. The lowest BCUT2D eigenvalue weighted by Gasteiger charge is -2.21. The van der Waals surface area contributed by atoms with Gasteiger partial charge in [0.25, 0.3) is 0 Å². The van der Waals surface area contributed by atoms with E-state index in [-0.39, 0.29) is 0 Å². The normalized spacial score (nSPS) is 18.1. The van der Waals surface area contributed by atoms with Crippen molar-refractivity contribution in [1.29, 1.82) is 0 Å². The van der Waals surface area contributed by atoms with Crippen molar-refractivity contribution >= 4 is 5.82 Å². The molecule has 3 rings (SSSR count). The number of anilines is 1. The van der Waals surface area contributed by atoms with Gasteiger partial charge >= 0.3 is 0 Å². The van der Waals surface area contributed by atoms with Gasteiger partial charge in [0.05, 0.1) is 5.69 Å². The van der Waals surface area contributed by atoms with Crippen LogP contribution in [-0.2, 0) is 0 Å². The molecule has 0 aromatic carbocycles. The van der Waals surface area contributed by atoms with Crippen LogP contribution in [0.5, 0.6) is 0 Å². The molecule has 1 atom stereocenters. The third-order valence-corrected chi connectivity index (χ3v) is 3.71. The first-order chi connectivity index (χ1) is 9.83. The first-order valence-electron chi connectivity index (χ1n) is 6.99. The quantitative estimate of drug-likeness (QED) is 0.913. The predicted molar refractivity (Wildman–Crippen MR) is 79.5 cm³/mol. The second-order valence-corrected chi connectivity index (χ2v) is 5.25. The van der Waals surface area contributed by atoms with Crippen LogP contribution in [0.15, 0.2) is 36.7 Å². The minimum Gasteiger partial charge on any atom is -0.358 e. The number of aromatic nitrogens is 3. The lowest BCUT2D eigenvalue weighted by molar-refractivity contribution is 0.574. The van der Waals surface area contributed by atoms with Gasteiger partial charge in [-0.3, -0.25) is 4.98 Å². The van der Waals surface area contributed by atoms with Gasteiger partial charge in [0.2, 0.25) is 0 Å². The van der Waals surface area contributed by atoms with Gasteiger partial charge in [0.15, 0.2) is 5.82 Å². The van der Waals surface area contributed by atoms with Gasteiger partial charge < -0.3 is 10.2 Å². The Balaban J connectivity index is 1.69. The molecule has 5 nitrogen and oxygen atoms in total. The Morgan fingerprint density at radius 1 is 1.20 bits per heavy atom. The molecular weight excluding hydrogens is 250 g/mol. The molecule has 1 N–H and O–H groups in total. The second-order valence-electron chi connectivity index (χ2n) is 5.25. The molecule has 0 radical (unpaired) electrons. The molecule has 3 heterocycles. The van der Waals surface area contributed by atoms with Crippen molar-refractivity contribution in [3.8, 4) is 11.3 Å². The molecule has 1 aliphatic rings. The number of nitrogens with one attached hydrogen (secondary N) is 1. The van der Waals surface area contributed by atoms with Crippen molar-refractivity contribution in [2.75, 3.05) is 31.6 Å². The van der Waals surface area contributed by atoms with Crippen LogP contribution in [0.1, 0.15) is 6.42 Å². The topological polar surface area (TPSA) is 53.9 Å². The van der Waals surface area contributed by atoms with Crippen LogP contribution in [0, 0.1) is 5.92 Å². The average Bonchev–Trinajstić information content (AvgIpc) is 3.01. The molecular formula is C15H19N5. The molecule has 1 unspecified atom stereocenters. The van der Waals surface area contributed by atoms with E-state index in [2.05, 4.69) is 32.4 Å². The van der Waals surface area contributed by atoms with Crippen molar-refractivity contribution in [3.63, 3.8) is 0 Å². The van der Waals surface area contributed by atoms with Crippen LogP contribution in [-0.4, -0.2) is 41.9 Å². The summed E-state index contributed by atoms with van der Waals surface area (Å²) in [4.78, 5) is 6.19. The molecule has 0 amide bonds. The summed E-state index contributed by atoms with van der Waals surface area (Å²) in [5.74, 6) is 1.64. The fraction of sp³-hybridized carbons (Fsp3) is 0.400. The molecule has 104 valence electrons. The van der Waals surface area contributed by atoms with Gasteiger partial charge in [-0.05, 0) is 49.7 Å². The largest absolute Gasteiger partial charge is 0.358 e. The molecule has 5 heteroatoms. The van der Waals surface area contributed by atoms with Crippen LogP contribution < -0.4 is 10.2 Å². The fourth-order valence-electron chi connectivity index (χ4n) is 2.56. The maximum Gasteiger partial charge on any atom is 0.151 e. The zero-order chi connectivity index (χ0) is 13.8. The van der Waals surface area contributed by atoms with Crippen molar-refractivity contribution in [3.05, 3.63) is 36.7 Å². The average molecular weight is 269 g/mol. The number of hydrogen-bond donors (Lipinski definition) is 1. The Labute approximate surface area is 119 Å². The minimum atomic E-state index is 0.710. The summed E-state index contributed by atoms with van der Waals surface area (Å²) in [7, 11) is 2.08. The van der Waals surface area contributed by atoms with Crippen LogP contribution >= 0.6 is 0 Å². The van der Waals surface area contributed by atoms with Crippen molar-refractivity contribution in [2.45, 2.75) is 6.42 Å². The number of hydrogen-bond acceptors (Lipinski definition) is 5. The maximum absolute atomic E-state index is 4.33. The summed E-state index contributed by atoms with van der Waals surface area (Å²) < 4.78 is 0. The highest BCUT2D eigenvalue weighted by molar-refractivity contribution is 5.58. The Morgan fingerprint density at radius 3 is 2.70 bits per heavy atom. The van der Waals surface area contributed by atoms with Crippen LogP contribution in [0.25, 0.3) is 11.3 Å². The molecule has 20 heavy (non-hydrogen) atoms. The summed E-state index contributed by atoms with van der Waals surface area (Å²) in [6.07, 6.45) is 4.78. The number of nitrogens with zero attached hydrogens (tertiary/aromatic N) is 4. The third kappa shape index (κ3) is 2.93. The monoisotopic (exact) mass is 269 g/mol. The van der Waals surface area contributed by atoms with E-state index in [0.29, 0.717) is 5.92 Å². The molecule has 0 bridgehead atoms. The van der Waals surface area contributed by atoms with Gasteiger partial charge in [-0.1, -0.05) is 0 Å². The SMILES string of the molecule is CN(CC1CCNC1)c1ccc(-c2ccncc2)nn1. The second kappa shape index (κ2) is 5.96. The van der Waals surface area contributed by atoms with Crippen molar-refractivity contribution in [2.24, 2.45) is 5.92 Å². The highest BCUT2D eigenvalue weighted by atomic mass is 15.2. The van der Waals surface area contributed by atoms with Gasteiger partial charge in [-0.2, -0.15) is 0 Å². The van der Waals surface area contributed by atoms with E-state index in [9.17, 15) is 0 Å². The zero-order valence-corrected chi connectivity index (χ0v) is 11.7. The first-order valence-corrected chi connectivity index (χ1v) is 6.99. The summed E-state index contributed by atoms with van der Waals surface area (Å²) in [6, 6.07) is 7.93. The molecule has 0 aliphatic carbocycles. The maximum atomic E-state index is 4.33. The van der Waals surface area contributed by atoms with Gasteiger partial charge in [0.1, 0.15) is 0 Å². The number of pyridine rings is 1. The molecule has 1 fully saturated rings. The molecule has 2 aromatic heterocycles. The summed E-state index contributed by atoms with van der Waals surface area (Å²) in [5.41, 5.74) is 1.92. The Kier molecular flexibility index (Phi) is 3.87. The lowest BCUT2D eigenvalue weighted by atomic mass is 10.1. The molecule has 1 saturated heterocycles. The summed E-state index contributed by atoms with van der Waals surface area (Å²) in [6.45, 7) is 3.26. The van der Waals surface area contributed by atoms with E-state index in [0.717, 1.165) is 36.7 Å².